The second kappa shape index (κ2) is 10.6. The van der Waals surface area contributed by atoms with Gasteiger partial charge in [0.25, 0.3) is 5.78 Å². The number of halogens is 1. The van der Waals surface area contributed by atoms with E-state index in [1.54, 1.807) is 30.3 Å². The number of ketones is 1. The number of anilines is 1. The molecule has 1 aromatic heterocycles. The lowest BCUT2D eigenvalue weighted by molar-refractivity contribution is -0.132. The number of rotatable bonds is 7. The third-order valence-electron chi connectivity index (χ3n) is 7.10. The Balaban J connectivity index is 1.50. The number of aliphatic hydroxyl groups excluding tert-OH is 1. The first-order valence-electron chi connectivity index (χ1n) is 13.2. The van der Waals surface area contributed by atoms with E-state index in [0.29, 0.717) is 45.6 Å². The normalized spacial score (nSPS) is 19.7. The highest BCUT2D eigenvalue weighted by atomic mass is 35.5. The molecule has 1 saturated heterocycles. The third kappa shape index (κ3) is 4.71. The van der Waals surface area contributed by atoms with E-state index >= 15 is 0 Å². The molecule has 204 valence electrons. The molecule has 3 aromatic carbocycles. The van der Waals surface area contributed by atoms with Crippen LogP contribution in [0.4, 0.5) is 5.13 Å². The number of thiazole rings is 1. The molecule has 2 aliphatic heterocycles. The van der Waals surface area contributed by atoms with Crippen molar-refractivity contribution in [2.45, 2.75) is 45.3 Å². The average Bonchev–Trinajstić information content (AvgIpc) is 3.60. The first-order valence-corrected chi connectivity index (χ1v) is 14.4. The maximum absolute atomic E-state index is 13.6. The number of Topliss-reactive ketones (excluding diaryl/α,β-unsaturated/α-hetero) is 1. The summed E-state index contributed by atoms with van der Waals surface area (Å²) < 4.78 is 12.5. The molecule has 40 heavy (non-hydrogen) atoms. The van der Waals surface area contributed by atoms with Crippen LogP contribution in [0, 0.1) is 0 Å². The number of unbranched alkanes of at least 4 members (excludes halogenated alkanes) is 1. The highest BCUT2D eigenvalue weighted by Gasteiger charge is 2.48. The van der Waals surface area contributed by atoms with Gasteiger partial charge >= 0.3 is 5.91 Å². The number of hydrogen-bond donors (Lipinski definition) is 1. The second-order valence-electron chi connectivity index (χ2n) is 10.0. The van der Waals surface area contributed by atoms with Crippen molar-refractivity contribution in [1.29, 1.82) is 0 Å². The van der Waals surface area contributed by atoms with E-state index in [4.69, 9.17) is 21.1 Å². The van der Waals surface area contributed by atoms with Gasteiger partial charge in [-0.3, -0.25) is 14.5 Å². The van der Waals surface area contributed by atoms with Gasteiger partial charge in [-0.1, -0.05) is 48.4 Å². The van der Waals surface area contributed by atoms with E-state index < -0.39 is 17.7 Å². The van der Waals surface area contributed by atoms with Gasteiger partial charge in [0.15, 0.2) is 5.13 Å². The Morgan fingerprint density at radius 3 is 2.85 bits per heavy atom. The number of aromatic nitrogens is 1. The molecule has 3 heterocycles. The van der Waals surface area contributed by atoms with Crippen LogP contribution >= 0.6 is 22.9 Å². The van der Waals surface area contributed by atoms with E-state index in [1.165, 1.54) is 16.2 Å². The summed E-state index contributed by atoms with van der Waals surface area (Å²) in [5.41, 5.74) is 2.68. The van der Waals surface area contributed by atoms with Crippen molar-refractivity contribution >= 4 is 55.7 Å². The fourth-order valence-corrected chi connectivity index (χ4v) is 6.44. The molecule has 4 aromatic rings. The Hall–Kier alpha value is -3.88. The summed E-state index contributed by atoms with van der Waals surface area (Å²) in [6.45, 7) is 4.62. The van der Waals surface area contributed by atoms with Gasteiger partial charge in [-0.15, -0.1) is 0 Å². The number of carbonyl (C=O) groups excluding carboxylic acids is 2. The van der Waals surface area contributed by atoms with Crippen molar-refractivity contribution in [2.24, 2.45) is 0 Å². The van der Waals surface area contributed by atoms with Crippen molar-refractivity contribution in [3.63, 3.8) is 0 Å². The molecule has 2 atom stereocenters. The Morgan fingerprint density at radius 2 is 2.02 bits per heavy atom. The molecule has 6 rings (SSSR count). The lowest BCUT2D eigenvalue weighted by atomic mass is 9.94. The molecule has 9 heteroatoms. The highest BCUT2D eigenvalue weighted by molar-refractivity contribution is 7.22. The average molecular weight is 575 g/mol. The van der Waals surface area contributed by atoms with E-state index in [9.17, 15) is 14.7 Å². The highest BCUT2D eigenvalue weighted by Crippen LogP contribution is 2.45. The summed E-state index contributed by atoms with van der Waals surface area (Å²) in [6, 6.07) is 17.0. The van der Waals surface area contributed by atoms with Crippen molar-refractivity contribution in [1.82, 2.24) is 4.98 Å². The number of amides is 1. The minimum Gasteiger partial charge on any atom is -0.507 e. The predicted molar refractivity (Wildman–Crippen MR) is 156 cm³/mol. The molecule has 0 spiro atoms. The maximum atomic E-state index is 13.6. The van der Waals surface area contributed by atoms with Crippen molar-refractivity contribution in [2.75, 3.05) is 11.5 Å². The second-order valence-corrected chi connectivity index (χ2v) is 11.5. The third-order valence-corrected chi connectivity index (χ3v) is 8.35. The van der Waals surface area contributed by atoms with Crippen molar-refractivity contribution in [3.05, 3.63) is 87.9 Å². The van der Waals surface area contributed by atoms with Crippen LogP contribution in [0.3, 0.4) is 0 Å². The fraction of sp³-hybridized carbons (Fsp3) is 0.258. The Labute approximate surface area is 240 Å². The number of fused-ring (bicyclic) bond motifs is 2. The van der Waals surface area contributed by atoms with Gasteiger partial charge in [-0.05, 0) is 73.0 Å². The summed E-state index contributed by atoms with van der Waals surface area (Å²) in [4.78, 5) is 33.3. The zero-order valence-electron chi connectivity index (χ0n) is 22.0. The quantitative estimate of drug-likeness (QED) is 0.110. The minimum atomic E-state index is -0.908. The number of ether oxygens (including phenoxy) is 2. The van der Waals surface area contributed by atoms with E-state index in [1.807, 2.05) is 37.3 Å². The van der Waals surface area contributed by atoms with Crippen LogP contribution in [-0.4, -0.2) is 34.5 Å². The first kappa shape index (κ1) is 26.3. The summed E-state index contributed by atoms with van der Waals surface area (Å²) >= 11 is 7.46. The molecule has 1 N–H and O–H groups in total. The zero-order chi connectivity index (χ0) is 28.0. The van der Waals surface area contributed by atoms with Crippen molar-refractivity contribution < 1.29 is 24.2 Å². The molecule has 0 bridgehead atoms. The van der Waals surface area contributed by atoms with Crippen LogP contribution in [0.15, 0.2) is 66.2 Å². The van der Waals surface area contributed by atoms with Crippen LogP contribution in [0.25, 0.3) is 16.0 Å². The predicted octanol–water partition coefficient (Wildman–Crippen LogP) is 7.08. The summed E-state index contributed by atoms with van der Waals surface area (Å²) in [5, 5.41) is 12.5. The van der Waals surface area contributed by atoms with Gasteiger partial charge in [0.05, 0.1) is 28.4 Å². The molecule has 0 saturated carbocycles. The summed E-state index contributed by atoms with van der Waals surface area (Å²) in [5.74, 6) is -0.397. The molecular weight excluding hydrogens is 548 g/mol. The number of carbonyl (C=O) groups is 2. The summed E-state index contributed by atoms with van der Waals surface area (Å²) in [7, 11) is 0. The minimum absolute atomic E-state index is 0.0000829. The van der Waals surface area contributed by atoms with Crippen LogP contribution < -0.4 is 14.4 Å². The zero-order valence-corrected chi connectivity index (χ0v) is 23.6. The molecule has 7 nitrogen and oxygen atoms in total. The molecule has 1 amide bonds. The fourth-order valence-electron chi connectivity index (χ4n) is 5.17. The van der Waals surface area contributed by atoms with Crippen LogP contribution in [0.1, 0.15) is 49.4 Å². The SMILES string of the molecule is CCCCOc1cccc([C@@H]2/C(=C(\O)c3ccc4c(c3)C[C@@H](C)O4)C(=O)C(=O)N2c2nc3ccc(Cl)cc3s2)c1. The van der Waals surface area contributed by atoms with Crippen molar-refractivity contribution in [3.8, 4) is 11.5 Å². The van der Waals surface area contributed by atoms with Gasteiger partial charge in [0.1, 0.15) is 23.4 Å². The lowest BCUT2D eigenvalue weighted by Crippen LogP contribution is -2.29. The van der Waals surface area contributed by atoms with E-state index in [2.05, 4.69) is 11.9 Å². The van der Waals surface area contributed by atoms with Gasteiger partial charge in [-0.25, -0.2) is 4.98 Å². The van der Waals surface area contributed by atoms with E-state index in [-0.39, 0.29) is 17.4 Å². The van der Waals surface area contributed by atoms with Crippen LogP contribution in [0.2, 0.25) is 5.02 Å². The topological polar surface area (TPSA) is 89.0 Å². The number of nitrogens with zero attached hydrogens (tertiary/aromatic N) is 2. The first-order chi connectivity index (χ1) is 19.3. The van der Waals surface area contributed by atoms with Gasteiger partial charge in [0.2, 0.25) is 0 Å². The lowest BCUT2D eigenvalue weighted by Gasteiger charge is -2.23. The number of benzene rings is 3. The molecule has 0 unspecified atom stereocenters. The largest absolute Gasteiger partial charge is 0.507 e. The van der Waals surface area contributed by atoms with E-state index in [0.717, 1.165) is 28.9 Å². The molecule has 1 fully saturated rings. The van der Waals surface area contributed by atoms with Crippen LogP contribution in [0.5, 0.6) is 11.5 Å². The van der Waals surface area contributed by atoms with Gasteiger partial charge in [-0.2, -0.15) is 0 Å². The number of aliphatic hydroxyl groups is 1. The molecule has 2 aliphatic rings. The monoisotopic (exact) mass is 574 g/mol. The standard InChI is InChI=1S/C31H27ClN2O5S/c1-3-4-12-38-22-7-5-6-18(15-22)27-26(28(35)19-8-11-24-20(14-19)13-17(2)39-24)29(36)30(37)34(27)31-33-23-10-9-21(32)16-25(23)40-31/h5-11,14-17,27,35H,3-4,12-13H2,1-2H3/b28-26+/t17-,27-/m1/s1. The molecular formula is C31H27ClN2O5S. The number of hydrogen-bond acceptors (Lipinski definition) is 7. The van der Waals surface area contributed by atoms with Gasteiger partial charge < -0.3 is 14.6 Å². The molecule has 0 radical (unpaired) electrons. The van der Waals surface area contributed by atoms with Gasteiger partial charge in [0, 0.05) is 17.0 Å². The summed E-state index contributed by atoms with van der Waals surface area (Å²) in [6.07, 6.45) is 2.62. The Kier molecular flexibility index (Phi) is 6.98. The Bertz CT molecular complexity index is 1680. The molecule has 0 aliphatic carbocycles. The smallest absolute Gasteiger partial charge is 0.301 e. The Morgan fingerprint density at radius 1 is 1.18 bits per heavy atom. The maximum Gasteiger partial charge on any atom is 0.301 e. The van der Waals surface area contributed by atoms with Crippen LogP contribution in [-0.2, 0) is 16.0 Å².